The van der Waals surface area contributed by atoms with Crippen LogP contribution in [0.2, 0.25) is 5.02 Å². The summed E-state index contributed by atoms with van der Waals surface area (Å²) in [4.78, 5) is 12.2. The monoisotopic (exact) mass is 284 g/mol. The van der Waals surface area contributed by atoms with E-state index >= 15 is 0 Å². The van der Waals surface area contributed by atoms with Crippen LogP contribution in [0.4, 0.5) is 0 Å². The molecule has 106 valence electrons. The Hall–Kier alpha value is -1.00. The molecule has 4 nitrogen and oxygen atoms in total. The Bertz CT molecular complexity index is 445. The van der Waals surface area contributed by atoms with Crippen molar-refractivity contribution in [2.24, 2.45) is 7.05 Å². The number of carbonyl (C=O) groups excluding carboxylic acids is 1. The predicted molar refractivity (Wildman–Crippen MR) is 75.4 cm³/mol. The highest BCUT2D eigenvalue weighted by Crippen LogP contribution is 2.19. The highest BCUT2D eigenvalue weighted by atomic mass is 35.5. The van der Waals surface area contributed by atoms with Gasteiger partial charge in [-0.1, -0.05) is 37.3 Å². The molecular formula is C14H21ClN2O2. The van der Waals surface area contributed by atoms with E-state index in [9.17, 15) is 9.90 Å². The van der Waals surface area contributed by atoms with Gasteiger partial charge in [-0.25, -0.2) is 0 Å². The van der Waals surface area contributed by atoms with Gasteiger partial charge in [-0.05, 0) is 18.9 Å². The summed E-state index contributed by atoms with van der Waals surface area (Å²) < 4.78 is 1.70. The summed E-state index contributed by atoms with van der Waals surface area (Å²) in [6, 6.07) is 1.49. The molecule has 2 N–H and O–H groups in total. The minimum Gasteiger partial charge on any atom is -0.391 e. The quantitative estimate of drug-likeness (QED) is 0.877. The van der Waals surface area contributed by atoms with E-state index in [1.54, 1.807) is 23.9 Å². The van der Waals surface area contributed by atoms with Crippen LogP contribution in [0.5, 0.6) is 0 Å². The summed E-state index contributed by atoms with van der Waals surface area (Å²) in [6.45, 7) is 0. The number of nitrogens with zero attached hydrogens (tertiary/aromatic N) is 1. The number of aliphatic hydroxyl groups excluding tert-OH is 1. The largest absolute Gasteiger partial charge is 0.391 e. The number of nitrogens with one attached hydrogen (secondary N) is 1. The maximum atomic E-state index is 12.2. The van der Waals surface area contributed by atoms with Crippen LogP contribution >= 0.6 is 11.6 Å². The Morgan fingerprint density at radius 1 is 1.37 bits per heavy atom. The third-order valence-corrected chi connectivity index (χ3v) is 3.96. The van der Waals surface area contributed by atoms with Crippen LogP contribution in [0.1, 0.15) is 49.0 Å². The molecule has 0 unspecified atom stereocenters. The van der Waals surface area contributed by atoms with Gasteiger partial charge in [0.15, 0.2) is 0 Å². The summed E-state index contributed by atoms with van der Waals surface area (Å²) in [5.74, 6) is -0.168. The molecule has 1 fully saturated rings. The molecule has 0 aliphatic heterocycles. The fourth-order valence-electron chi connectivity index (χ4n) is 2.63. The molecule has 0 saturated heterocycles. The van der Waals surface area contributed by atoms with E-state index < -0.39 is 6.10 Å². The number of aromatic nitrogens is 1. The van der Waals surface area contributed by atoms with Crippen LogP contribution in [-0.2, 0) is 7.05 Å². The summed E-state index contributed by atoms with van der Waals surface area (Å²) in [6.07, 6.45) is 7.29. The van der Waals surface area contributed by atoms with Crippen molar-refractivity contribution in [2.75, 3.05) is 0 Å². The summed E-state index contributed by atoms with van der Waals surface area (Å²) in [7, 11) is 1.79. The van der Waals surface area contributed by atoms with Crippen LogP contribution in [0.25, 0.3) is 0 Å². The zero-order chi connectivity index (χ0) is 13.8. The lowest BCUT2D eigenvalue weighted by molar-refractivity contribution is 0.0764. The van der Waals surface area contributed by atoms with Gasteiger partial charge in [0.1, 0.15) is 5.69 Å². The molecule has 1 aliphatic rings. The molecule has 19 heavy (non-hydrogen) atoms. The van der Waals surface area contributed by atoms with Gasteiger partial charge in [-0.2, -0.15) is 0 Å². The molecule has 1 amide bonds. The van der Waals surface area contributed by atoms with Gasteiger partial charge >= 0.3 is 0 Å². The van der Waals surface area contributed by atoms with E-state index in [0.29, 0.717) is 10.7 Å². The van der Waals surface area contributed by atoms with Crippen molar-refractivity contribution in [2.45, 2.75) is 50.7 Å². The Labute approximate surface area is 118 Å². The maximum Gasteiger partial charge on any atom is 0.268 e. The second kappa shape index (κ2) is 6.44. The molecule has 2 rings (SSSR count). The van der Waals surface area contributed by atoms with Crippen molar-refractivity contribution in [1.82, 2.24) is 9.88 Å². The minimum absolute atomic E-state index is 0.151. The number of hydrogen-bond acceptors (Lipinski definition) is 2. The maximum absolute atomic E-state index is 12.2. The van der Waals surface area contributed by atoms with Gasteiger partial charge in [0, 0.05) is 13.2 Å². The molecular weight excluding hydrogens is 264 g/mol. The molecule has 1 aromatic rings. The van der Waals surface area contributed by atoms with Crippen molar-refractivity contribution < 1.29 is 9.90 Å². The van der Waals surface area contributed by atoms with E-state index in [1.165, 1.54) is 12.8 Å². The lowest BCUT2D eigenvalue weighted by Gasteiger charge is -2.26. The minimum atomic E-state index is -0.444. The van der Waals surface area contributed by atoms with Crippen molar-refractivity contribution >= 4 is 17.5 Å². The highest BCUT2D eigenvalue weighted by molar-refractivity contribution is 6.31. The molecule has 1 aromatic heterocycles. The lowest BCUT2D eigenvalue weighted by Crippen LogP contribution is -2.44. The zero-order valence-electron chi connectivity index (χ0n) is 11.2. The van der Waals surface area contributed by atoms with Crippen LogP contribution < -0.4 is 5.32 Å². The molecule has 1 heterocycles. The van der Waals surface area contributed by atoms with Crippen LogP contribution in [-0.4, -0.2) is 27.7 Å². The highest BCUT2D eigenvalue weighted by Gasteiger charge is 2.23. The first-order chi connectivity index (χ1) is 9.08. The van der Waals surface area contributed by atoms with Gasteiger partial charge in [0.2, 0.25) is 0 Å². The fourth-order valence-corrected chi connectivity index (χ4v) is 2.88. The first-order valence-electron chi connectivity index (χ1n) is 6.88. The molecule has 0 spiro atoms. The number of carbonyl (C=O) groups is 1. The number of halogens is 1. The van der Waals surface area contributed by atoms with E-state index in [-0.39, 0.29) is 11.9 Å². The van der Waals surface area contributed by atoms with Gasteiger partial charge in [-0.3, -0.25) is 4.79 Å². The average molecular weight is 285 g/mol. The van der Waals surface area contributed by atoms with Crippen LogP contribution in [0.15, 0.2) is 12.3 Å². The third kappa shape index (κ3) is 3.74. The van der Waals surface area contributed by atoms with E-state index in [2.05, 4.69) is 5.32 Å². The topological polar surface area (TPSA) is 54.3 Å². The van der Waals surface area contributed by atoms with Crippen LogP contribution in [0.3, 0.4) is 0 Å². The molecule has 0 aromatic carbocycles. The third-order valence-electron chi connectivity index (χ3n) is 3.75. The number of hydrogen-bond donors (Lipinski definition) is 2. The average Bonchev–Trinajstić information content (AvgIpc) is 2.68. The van der Waals surface area contributed by atoms with Crippen LogP contribution in [0, 0.1) is 0 Å². The normalized spacial score (nSPS) is 24.6. The molecule has 0 radical (unpaired) electrons. The van der Waals surface area contributed by atoms with Crippen molar-refractivity contribution in [3.63, 3.8) is 0 Å². The zero-order valence-corrected chi connectivity index (χ0v) is 12.0. The van der Waals surface area contributed by atoms with E-state index in [1.807, 2.05) is 0 Å². The Morgan fingerprint density at radius 3 is 2.68 bits per heavy atom. The Kier molecular flexibility index (Phi) is 4.88. The Morgan fingerprint density at radius 2 is 2.05 bits per heavy atom. The Balaban J connectivity index is 2.02. The fraction of sp³-hybridized carbons (Fsp3) is 0.643. The van der Waals surface area contributed by atoms with Crippen molar-refractivity contribution in [3.8, 4) is 0 Å². The van der Waals surface area contributed by atoms with Gasteiger partial charge in [0.05, 0.1) is 17.2 Å². The molecule has 1 saturated carbocycles. The number of aryl methyl sites for hydroxylation is 1. The second-order valence-electron chi connectivity index (χ2n) is 5.29. The molecule has 1 aliphatic carbocycles. The lowest BCUT2D eigenvalue weighted by atomic mass is 9.94. The number of amides is 1. The van der Waals surface area contributed by atoms with Gasteiger partial charge in [0.25, 0.3) is 5.91 Å². The molecule has 2 atom stereocenters. The number of rotatable bonds is 2. The number of aliphatic hydroxyl groups is 1. The molecule has 0 bridgehead atoms. The summed E-state index contributed by atoms with van der Waals surface area (Å²) in [5.41, 5.74) is 0.527. The first kappa shape index (κ1) is 14.4. The van der Waals surface area contributed by atoms with Gasteiger partial charge < -0.3 is 15.0 Å². The van der Waals surface area contributed by atoms with Gasteiger partial charge in [-0.15, -0.1) is 0 Å². The van der Waals surface area contributed by atoms with E-state index in [4.69, 9.17) is 11.6 Å². The summed E-state index contributed by atoms with van der Waals surface area (Å²) >= 11 is 5.88. The second-order valence-corrected chi connectivity index (χ2v) is 5.73. The smallest absolute Gasteiger partial charge is 0.268 e. The first-order valence-corrected chi connectivity index (χ1v) is 7.26. The standard InChI is InChI=1S/C14H21ClN2O2/c1-17-9-10(15)8-12(17)14(19)16-11-6-4-2-3-5-7-13(11)18/h8-9,11,13,18H,2-7H2,1H3,(H,16,19)/t11-,13-/m0/s1. The predicted octanol–water partition coefficient (Wildman–Crippen LogP) is 2.49. The molecule has 5 heteroatoms. The van der Waals surface area contributed by atoms with Crippen molar-refractivity contribution in [1.29, 1.82) is 0 Å². The van der Waals surface area contributed by atoms with Crippen molar-refractivity contribution in [3.05, 3.63) is 23.0 Å². The summed E-state index contributed by atoms with van der Waals surface area (Å²) in [5, 5.41) is 13.6. The SMILES string of the molecule is Cn1cc(Cl)cc1C(=O)N[C@H]1CCCCCC[C@@H]1O. The van der Waals surface area contributed by atoms with E-state index in [0.717, 1.165) is 25.7 Å².